The lowest BCUT2D eigenvalue weighted by atomic mass is 10.0. The molecule has 0 bridgehead atoms. The van der Waals surface area contributed by atoms with Crippen molar-refractivity contribution in [2.45, 2.75) is 13.8 Å². The molecule has 0 fully saturated rings. The van der Waals surface area contributed by atoms with Gasteiger partial charge in [0.05, 0.1) is 171 Å². The van der Waals surface area contributed by atoms with Gasteiger partial charge in [0, 0.05) is 169 Å². The summed E-state index contributed by atoms with van der Waals surface area (Å²) in [4.78, 5) is 58.0. The van der Waals surface area contributed by atoms with E-state index in [1.54, 1.807) is 0 Å². The third kappa shape index (κ3) is 14.0. The summed E-state index contributed by atoms with van der Waals surface area (Å²) in [6.45, 7) is 4.18. The van der Waals surface area contributed by atoms with Gasteiger partial charge in [0.15, 0.2) is 0 Å². The number of pyridine rings is 6. The number of aryl methyl sites for hydroxylation is 2. The van der Waals surface area contributed by atoms with Gasteiger partial charge in [0.2, 0.25) is 0 Å². The van der Waals surface area contributed by atoms with Gasteiger partial charge in [-0.2, -0.15) is 0 Å². The van der Waals surface area contributed by atoms with Gasteiger partial charge in [-0.05, 0) is 201 Å². The van der Waals surface area contributed by atoms with Gasteiger partial charge in [-0.25, -0.2) is 29.9 Å². The first-order valence-corrected chi connectivity index (χ1v) is 48.7. The van der Waals surface area contributed by atoms with Crippen molar-refractivity contribution in [2.24, 2.45) is 0 Å². The summed E-state index contributed by atoms with van der Waals surface area (Å²) in [5.41, 5.74) is 38.4. The zero-order chi connectivity index (χ0) is 96.6. The summed E-state index contributed by atoms with van der Waals surface area (Å²) < 4.78 is 13.7. The Bertz CT molecular complexity index is 9800. The molecule has 0 aliphatic carbocycles. The van der Waals surface area contributed by atoms with E-state index in [9.17, 15) is 0 Å². The maximum atomic E-state index is 5.28. The van der Waals surface area contributed by atoms with Crippen molar-refractivity contribution in [3.63, 3.8) is 0 Å². The third-order valence-corrected chi connectivity index (χ3v) is 28.5. The Morgan fingerprint density at radius 3 is 0.623 bits per heavy atom. The molecule has 0 spiro atoms. The van der Waals surface area contributed by atoms with E-state index in [0.717, 1.165) is 212 Å². The van der Waals surface area contributed by atoms with E-state index in [-0.39, 0.29) is 0 Å². The summed E-state index contributed by atoms with van der Waals surface area (Å²) in [5.74, 6) is 0. The number of rotatable bonds is 12. The summed E-state index contributed by atoms with van der Waals surface area (Å²) in [6, 6.07) is 136. The molecule has 30 rings (SSSR count). The molecule has 18 nitrogen and oxygen atoms in total. The molecule has 0 atom stereocenters. The fraction of sp³-hybridized carbons (Fsp3) is 0.0156. The first-order valence-electron chi connectivity index (χ1n) is 48.7. The van der Waals surface area contributed by atoms with Gasteiger partial charge in [-0.3, -0.25) is 29.9 Å². The van der Waals surface area contributed by atoms with Crippen LogP contribution in [0.1, 0.15) is 11.1 Å². The van der Waals surface area contributed by atoms with Crippen LogP contribution in [0, 0.1) is 13.8 Å². The number of nitrogens with zero attached hydrogens (tertiary/aromatic N) is 18. The molecule has 30 aromatic rings. The molecule has 0 saturated carbocycles. The lowest BCUT2D eigenvalue weighted by Crippen LogP contribution is -1.99. The molecule has 0 amide bonds. The van der Waals surface area contributed by atoms with E-state index < -0.39 is 0 Å². The van der Waals surface area contributed by atoms with Crippen LogP contribution >= 0.6 is 0 Å². The van der Waals surface area contributed by atoms with Crippen LogP contribution in [0.25, 0.3) is 266 Å². The number of para-hydroxylation sites is 9. The van der Waals surface area contributed by atoms with Crippen LogP contribution in [0.2, 0.25) is 0 Å². The first-order chi connectivity index (χ1) is 72.2. The minimum atomic E-state index is 0.845. The first kappa shape index (κ1) is 84.1. The largest absolute Gasteiger partial charge is 0.308 e. The molecule has 0 radical (unpaired) electrons. The summed E-state index contributed by atoms with van der Waals surface area (Å²) in [5, 5.41) is 14.4. The third-order valence-electron chi connectivity index (χ3n) is 28.5. The highest BCUT2D eigenvalue weighted by atomic mass is 15.0. The molecule has 15 aromatic heterocycles. The molecule has 15 aromatic carbocycles. The fourth-order valence-electron chi connectivity index (χ4n) is 21.8. The number of hydrogen-bond donors (Lipinski definition) is 0. The standard InChI is InChI=1S/2C43H28N6.C42H26N6/c1-27-7-6-10-36-41(27)47-43(29-15-19-31(20-16-29)49-38-12-5-3-9-33(38)35-22-24-45-26-40(35)49)42(46-36)28-13-17-30(18-14-28)48-37-11-4-2-8-32(37)34-21-23-44-25-39(34)48;1-27-10-19-36-37(24-27)47-43(29-13-17-31(18-14-29)49-39-9-5-3-7-33(39)35-21-23-45-26-41(35)49)42(46-36)28-11-15-30(16-12-28)48-38-8-4-2-6-32(38)34-20-22-44-25-40(34)48;1-5-11-37-31(7-1)33-21-23-43-25-39(33)47(37)29-17-13-27(14-18-29)41-42(46-36-10-4-3-9-35(36)45-41)28-15-19-30(20-16-28)48-38-12-6-2-8-32(38)34-22-24-44-26-40(34)48/h2*2-26H,1H3;1-26H. The Morgan fingerprint density at radius 1 is 0.158 bits per heavy atom. The van der Waals surface area contributed by atoms with Crippen molar-refractivity contribution in [3.8, 4) is 102 Å². The molecule has 146 heavy (non-hydrogen) atoms. The molecule has 0 N–H and O–H groups in total. The molecular formula is C128H82N18. The Kier molecular flexibility index (Phi) is 19.9. The van der Waals surface area contributed by atoms with E-state index in [1.807, 2.05) is 111 Å². The monoisotopic (exact) mass is 1870 g/mol. The summed E-state index contributed by atoms with van der Waals surface area (Å²) >= 11 is 0. The van der Waals surface area contributed by atoms with E-state index in [1.165, 1.54) is 64.6 Å². The minimum Gasteiger partial charge on any atom is -0.308 e. The van der Waals surface area contributed by atoms with E-state index in [0.29, 0.717) is 0 Å². The van der Waals surface area contributed by atoms with E-state index in [4.69, 9.17) is 29.9 Å². The molecule has 0 aliphatic rings. The topological polar surface area (TPSA) is 184 Å². The van der Waals surface area contributed by atoms with Crippen molar-refractivity contribution >= 4 is 164 Å². The Balaban J connectivity index is 0.000000106. The van der Waals surface area contributed by atoms with Crippen LogP contribution in [0.5, 0.6) is 0 Å². The second-order valence-electron chi connectivity index (χ2n) is 36.9. The molecule has 684 valence electrons. The zero-order valence-corrected chi connectivity index (χ0v) is 78.9. The fourth-order valence-corrected chi connectivity index (χ4v) is 21.8. The lowest BCUT2D eigenvalue weighted by Gasteiger charge is -2.14. The van der Waals surface area contributed by atoms with Crippen molar-refractivity contribution in [1.29, 1.82) is 0 Å². The van der Waals surface area contributed by atoms with Crippen LogP contribution in [0.4, 0.5) is 0 Å². The number of hydrogen-bond acceptors (Lipinski definition) is 12. The molecule has 18 heteroatoms. The normalized spacial score (nSPS) is 11.8. The highest BCUT2D eigenvalue weighted by Gasteiger charge is 2.25. The second kappa shape index (κ2) is 34.5. The van der Waals surface area contributed by atoms with Gasteiger partial charge < -0.3 is 27.4 Å². The summed E-state index contributed by atoms with van der Waals surface area (Å²) in [6.07, 6.45) is 22.8. The van der Waals surface area contributed by atoms with Gasteiger partial charge in [0.25, 0.3) is 0 Å². The average Bonchev–Trinajstić information content (AvgIpc) is 1.66. The number of aromatic nitrogens is 18. The zero-order valence-electron chi connectivity index (χ0n) is 78.9. The van der Waals surface area contributed by atoms with Gasteiger partial charge in [0.1, 0.15) is 0 Å². The maximum Gasteiger partial charge on any atom is 0.0973 e. The SMILES string of the molecule is Cc1ccc2nc(-c3ccc(-n4c5ccccc5c5ccncc54)cc3)c(-c3ccc(-n4c5ccccc5c5ccncc54)cc3)nc2c1.Cc1cccc2nc(-c3ccc(-n4c5ccccc5c5ccncc54)cc3)c(-c3ccc(-n4c5ccccc5c5ccncc54)cc3)nc12.c1ccc2nc(-c3ccc(-n4c5ccccc5c5ccncc54)cc3)c(-c3ccc(-n4c5ccccc5c5ccncc54)cc3)nc2c1. The molecule has 15 heterocycles. The minimum absolute atomic E-state index is 0.845. The number of benzene rings is 15. The van der Waals surface area contributed by atoms with Gasteiger partial charge in [-0.15, -0.1) is 0 Å². The smallest absolute Gasteiger partial charge is 0.0973 e. The Labute approximate surface area is 834 Å². The quantitative estimate of drug-likeness (QED) is 0.113. The van der Waals surface area contributed by atoms with Crippen LogP contribution in [0.3, 0.4) is 0 Å². The van der Waals surface area contributed by atoms with Crippen LogP contribution in [-0.4, -0.2) is 87.2 Å². The van der Waals surface area contributed by atoms with Gasteiger partial charge >= 0.3 is 0 Å². The average molecular weight is 1870 g/mol. The Morgan fingerprint density at radius 2 is 0.363 bits per heavy atom. The van der Waals surface area contributed by atoms with Crippen molar-refractivity contribution in [3.05, 3.63) is 474 Å². The molecular weight excluding hydrogens is 1790 g/mol. The molecule has 0 unspecified atom stereocenters. The molecule has 0 aliphatic heterocycles. The van der Waals surface area contributed by atoms with Crippen molar-refractivity contribution in [2.75, 3.05) is 0 Å². The Hall–Kier alpha value is -20.0. The van der Waals surface area contributed by atoms with Crippen LogP contribution < -0.4 is 0 Å². The summed E-state index contributed by atoms with van der Waals surface area (Å²) in [7, 11) is 0. The van der Waals surface area contributed by atoms with Crippen molar-refractivity contribution < 1.29 is 0 Å². The van der Waals surface area contributed by atoms with Gasteiger partial charge in [-0.1, -0.05) is 212 Å². The van der Waals surface area contributed by atoms with E-state index >= 15 is 0 Å². The van der Waals surface area contributed by atoms with E-state index in [2.05, 4.69) is 423 Å². The van der Waals surface area contributed by atoms with Crippen LogP contribution in [-0.2, 0) is 0 Å². The predicted octanol–water partition coefficient (Wildman–Crippen LogP) is 30.5. The van der Waals surface area contributed by atoms with Crippen LogP contribution in [0.15, 0.2) is 463 Å². The van der Waals surface area contributed by atoms with Crippen molar-refractivity contribution in [1.82, 2.24) is 87.2 Å². The second-order valence-corrected chi connectivity index (χ2v) is 36.9. The molecule has 0 saturated heterocycles. The lowest BCUT2D eigenvalue weighted by molar-refractivity contribution is 1.16. The number of fused-ring (bicyclic) bond motifs is 21. The highest BCUT2D eigenvalue weighted by Crippen LogP contribution is 2.44. The maximum absolute atomic E-state index is 5.28. The highest BCUT2D eigenvalue weighted by molar-refractivity contribution is 6.15. The predicted molar refractivity (Wildman–Crippen MR) is 594 cm³/mol.